The quantitative estimate of drug-likeness (QED) is 0.890. The van der Waals surface area contributed by atoms with Gasteiger partial charge in [-0.05, 0) is 50.8 Å². The molecular weight excluding hydrogens is 319 g/mol. The van der Waals surface area contributed by atoms with Crippen LogP contribution in [-0.4, -0.2) is 37.9 Å². The highest BCUT2D eigenvalue weighted by molar-refractivity contribution is 7.88. The molecule has 1 aliphatic rings. The fourth-order valence-electron chi connectivity index (χ4n) is 2.84. The number of hydrogen-bond acceptors (Lipinski definition) is 3. The van der Waals surface area contributed by atoms with Crippen LogP contribution in [0.1, 0.15) is 38.7 Å². The first-order valence-corrected chi connectivity index (χ1v) is 9.48. The van der Waals surface area contributed by atoms with Crippen LogP contribution in [0.2, 0.25) is 0 Å². The fourth-order valence-corrected chi connectivity index (χ4v) is 4.19. The molecule has 1 amide bonds. The number of halogens is 1. The van der Waals surface area contributed by atoms with E-state index in [1.807, 2.05) is 6.92 Å². The van der Waals surface area contributed by atoms with Crippen molar-refractivity contribution in [3.63, 3.8) is 0 Å². The molecule has 0 aromatic heterocycles. The number of hydrogen-bond donors (Lipinski definition) is 1. The smallest absolute Gasteiger partial charge is 0.240 e. The van der Waals surface area contributed by atoms with Crippen molar-refractivity contribution < 1.29 is 17.6 Å². The van der Waals surface area contributed by atoms with Crippen molar-refractivity contribution in [1.29, 1.82) is 0 Å². The molecule has 0 aliphatic carbocycles. The van der Waals surface area contributed by atoms with Crippen molar-refractivity contribution in [3.8, 4) is 0 Å². The van der Waals surface area contributed by atoms with Gasteiger partial charge >= 0.3 is 0 Å². The van der Waals surface area contributed by atoms with Crippen LogP contribution in [0.15, 0.2) is 24.3 Å². The van der Waals surface area contributed by atoms with Crippen molar-refractivity contribution in [2.45, 2.75) is 50.9 Å². The Morgan fingerprint density at radius 1 is 1.35 bits per heavy atom. The minimum atomic E-state index is -3.67. The Balaban J connectivity index is 1.98. The number of piperidine rings is 1. The van der Waals surface area contributed by atoms with Crippen LogP contribution in [0.3, 0.4) is 0 Å². The van der Waals surface area contributed by atoms with Crippen LogP contribution in [-0.2, 0) is 20.6 Å². The van der Waals surface area contributed by atoms with E-state index < -0.39 is 21.9 Å². The first-order chi connectivity index (χ1) is 10.8. The average Bonchev–Trinajstić information content (AvgIpc) is 2.48. The summed E-state index contributed by atoms with van der Waals surface area (Å²) in [6, 6.07) is 4.62. The van der Waals surface area contributed by atoms with Crippen LogP contribution in [0.5, 0.6) is 0 Å². The van der Waals surface area contributed by atoms with Crippen LogP contribution in [0.25, 0.3) is 0 Å². The number of sulfonamides is 1. The van der Waals surface area contributed by atoms with E-state index in [4.69, 9.17) is 0 Å². The molecule has 1 heterocycles. The topological polar surface area (TPSA) is 66.5 Å². The van der Waals surface area contributed by atoms with Gasteiger partial charge in [0, 0.05) is 12.6 Å². The molecule has 1 aliphatic heterocycles. The summed E-state index contributed by atoms with van der Waals surface area (Å²) < 4.78 is 39.7. The lowest BCUT2D eigenvalue weighted by Crippen LogP contribution is -2.51. The summed E-state index contributed by atoms with van der Waals surface area (Å²) in [5.41, 5.74) is 0.477. The lowest BCUT2D eigenvalue weighted by atomic mass is 10.0. The van der Waals surface area contributed by atoms with Crippen LogP contribution in [0.4, 0.5) is 4.39 Å². The molecule has 2 rings (SSSR count). The summed E-state index contributed by atoms with van der Waals surface area (Å²) in [4.78, 5) is 14.2. The van der Waals surface area contributed by atoms with Gasteiger partial charge in [-0.15, -0.1) is 0 Å². The summed E-state index contributed by atoms with van der Waals surface area (Å²) in [5.74, 6) is -0.887. The van der Waals surface area contributed by atoms with Crippen molar-refractivity contribution in [1.82, 2.24) is 9.62 Å². The molecule has 0 spiro atoms. The summed E-state index contributed by atoms with van der Waals surface area (Å²) in [6.45, 7) is 4.21. The Bertz CT molecular complexity index is 646. The molecule has 1 N–H and O–H groups in total. The Labute approximate surface area is 136 Å². The number of benzene rings is 1. The standard InChI is InChI=1S/C16H23FN2O3S/c1-12-5-3-4-10-19(12)16(20)13(2)18-23(21,22)11-14-6-8-15(17)9-7-14/h6-9,12-13,18H,3-5,10-11H2,1-2H3/t12-,13-/m0/s1. The molecule has 1 aromatic carbocycles. The zero-order valence-corrected chi connectivity index (χ0v) is 14.3. The SMILES string of the molecule is C[C@H](NS(=O)(=O)Cc1ccc(F)cc1)C(=O)N1CCCC[C@@H]1C. The second kappa shape index (κ2) is 7.40. The van der Waals surface area contributed by atoms with E-state index in [9.17, 15) is 17.6 Å². The molecule has 0 unspecified atom stereocenters. The maximum atomic E-state index is 12.9. The monoisotopic (exact) mass is 342 g/mol. The lowest BCUT2D eigenvalue weighted by molar-refractivity contribution is -0.135. The summed E-state index contributed by atoms with van der Waals surface area (Å²) in [6.07, 6.45) is 2.99. The molecule has 0 radical (unpaired) electrons. The molecule has 2 atom stereocenters. The van der Waals surface area contributed by atoms with Crippen LogP contribution in [0, 0.1) is 5.82 Å². The second-order valence-electron chi connectivity index (χ2n) is 6.10. The van der Waals surface area contributed by atoms with Gasteiger partial charge in [-0.1, -0.05) is 12.1 Å². The Kier molecular flexibility index (Phi) is 5.75. The highest BCUT2D eigenvalue weighted by atomic mass is 32.2. The Morgan fingerprint density at radius 2 is 2.00 bits per heavy atom. The number of nitrogens with one attached hydrogen (secondary N) is 1. The van der Waals surface area contributed by atoms with E-state index in [0.29, 0.717) is 12.1 Å². The number of rotatable bonds is 5. The minimum Gasteiger partial charge on any atom is -0.339 e. The van der Waals surface area contributed by atoms with E-state index in [0.717, 1.165) is 19.3 Å². The van der Waals surface area contributed by atoms with Crippen molar-refractivity contribution >= 4 is 15.9 Å². The highest BCUT2D eigenvalue weighted by Crippen LogP contribution is 2.17. The second-order valence-corrected chi connectivity index (χ2v) is 7.86. The average molecular weight is 342 g/mol. The van der Waals surface area contributed by atoms with Gasteiger partial charge < -0.3 is 4.90 Å². The predicted molar refractivity (Wildman–Crippen MR) is 86.6 cm³/mol. The number of likely N-dealkylation sites (tertiary alicyclic amines) is 1. The molecule has 1 aromatic rings. The van der Waals surface area contributed by atoms with E-state index in [1.54, 1.807) is 11.8 Å². The number of nitrogens with zero attached hydrogens (tertiary/aromatic N) is 1. The summed E-state index contributed by atoms with van der Waals surface area (Å²) in [7, 11) is -3.67. The maximum Gasteiger partial charge on any atom is 0.240 e. The van der Waals surface area contributed by atoms with Crippen LogP contribution >= 0.6 is 0 Å². The molecule has 0 saturated carbocycles. The first-order valence-electron chi connectivity index (χ1n) is 7.83. The third-order valence-electron chi connectivity index (χ3n) is 4.08. The van der Waals surface area contributed by atoms with Gasteiger partial charge in [0.2, 0.25) is 15.9 Å². The van der Waals surface area contributed by atoms with Gasteiger partial charge in [-0.25, -0.2) is 17.5 Å². The number of carbonyl (C=O) groups excluding carboxylic acids is 1. The molecular formula is C16H23FN2O3S. The van der Waals surface area contributed by atoms with Gasteiger partial charge in [0.1, 0.15) is 5.82 Å². The number of amides is 1. The minimum absolute atomic E-state index is 0.139. The molecule has 23 heavy (non-hydrogen) atoms. The first kappa shape index (κ1) is 17.9. The van der Waals surface area contributed by atoms with Crippen molar-refractivity contribution in [3.05, 3.63) is 35.6 Å². The normalized spacial score (nSPS) is 20.3. The van der Waals surface area contributed by atoms with Gasteiger partial charge in [0.15, 0.2) is 0 Å². The summed E-state index contributed by atoms with van der Waals surface area (Å²) >= 11 is 0. The van der Waals surface area contributed by atoms with E-state index in [2.05, 4.69) is 4.72 Å². The zero-order valence-electron chi connectivity index (χ0n) is 13.5. The number of carbonyl (C=O) groups is 1. The van der Waals surface area contributed by atoms with Gasteiger partial charge in [-0.2, -0.15) is 0 Å². The molecule has 1 fully saturated rings. The molecule has 0 bridgehead atoms. The van der Waals surface area contributed by atoms with Crippen LogP contribution < -0.4 is 4.72 Å². The van der Waals surface area contributed by atoms with E-state index in [-0.39, 0.29) is 17.7 Å². The molecule has 5 nitrogen and oxygen atoms in total. The van der Waals surface area contributed by atoms with Crippen molar-refractivity contribution in [2.75, 3.05) is 6.54 Å². The van der Waals surface area contributed by atoms with Gasteiger partial charge in [0.25, 0.3) is 0 Å². The van der Waals surface area contributed by atoms with Gasteiger partial charge in [-0.3, -0.25) is 4.79 Å². The van der Waals surface area contributed by atoms with E-state index in [1.165, 1.54) is 24.3 Å². The maximum absolute atomic E-state index is 12.9. The van der Waals surface area contributed by atoms with Crippen molar-refractivity contribution in [2.24, 2.45) is 0 Å². The van der Waals surface area contributed by atoms with E-state index >= 15 is 0 Å². The summed E-state index contributed by atoms with van der Waals surface area (Å²) in [5, 5.41) is 0. The molecule has 1 saturated heterocycles. The third-order valence-corrected chi connectivity index (χ3v) is 5.51. The predicted octanol–water partition coefficient (Wildman–Crippen LogP) is 2.03. The molecule has 128 valence electrons. The third kappa shape index (κ3) is 5.00. The Morgan fingerprint density at radius 3 is 2.61 bits per heavy atom. The largest absolute Gasteiger partial charge is 0.339 e. The highest BCUT2D eigenvalue weighted by Gasteiger charge is 2.29. The Hall–Kier alpha value is -1.47. The van der Waals surface area contributed by atoms with Gasteiger partial charge in [0.05, 0.1) is 11.8 Å². The zero-order chi connectivity index (χ0) is 17.0. The lowest BCUT2D eigenvalue weighted by Gasteiger charge is -2.35. The fraction of sp³-hybridized carbons (Fsp3) is 0.562. The molecule has 7 heteroatoms.